The fourth-order valence-electron chi connectivity index (χ4n) is 1.30. The Balaban J connectivity index is 2.51. The van der Waals surface area contributed by atoms with Crippen LogP contribution in [-0.2, 0) is 4.79 Å². The average Bonchev–Trinajstić information content (AvgIpc) is 2.30. The molecule has 18 heavy (non-hydrogen) atoms. The fourth-order valence-corrected chi connectivity index (χ4v) is 2.62. The first-order valence-corrected chi connectivity index (χ1v) is 7.12. The number of benzene rings is 1. The maximum atomic E-state index is 11.2. The molecular weight excluding hydrogens is 312 g/mol. The number of nitriles is 1. The van der Waals surface area contributed by atoms with Gasteiger partial charge in [-0.15, -0.1) is 11.8 Å². The highest BCUT2D eigenvalue weighted by Gasteiger charge is 2.20. The zero-order valence-electron chi connectivity index (χ0n) is 10.4. The number of carbonyl (C=O) groups is 1. The molecule has 0 atom stereocenters. The van der Waals surface area contributed by atoms with Crippen molar-refractivity contribution in [1.82, 2.24) is 5.32 Å². The smallest absolute Gasteiger partial charge is 0.234 e. The maximum Gasteiger partial charge on any atom is 0.234 e. The molecule has 0 radical (unpaired) electrons. The molecule has 5 heteroatoms. The van der Waals surface area contributed by atoms with E-state index in [2.05, 4.69) is 35.1 Å². The largest absolute Gasteiger partial charge is 0.354 e. The van der Waals surface area contributed by atoms with Crippen LogP contribution in [0.2, 0.25) is 0 Å². The maximum absolute atomic E-state index is 11.2. The lowest BCUT2D eigenvalue weighted by atomic mass is 10.2. The zero-order valence-corrected chi connectivity index (χ0v) is 12.8. The summed E-state index contributed by atoms with van der Waals surface area (Å²) in [7, 11) is 0. The summed E-state index contributed by atoms with van der Waals surface area (Å²) in [5.74, 6) is -0.220. The van der Waals surface area contributed by atoms with Crippen LogP contribution in [0.4, 0.5) is 0 Å². The second kappa shape index (κ2) is 6.81. The number of hydrogen-bond donors (Lipinski definition) is 1. The van der Waals surface area contributed by atoms with E-state index in [-0.39, 0.29) is 17.1 Å². The predicted molar refractivity (Wildman–Crippen MR) is 77.3 cm³/mol. The number of hydrogen-bond acceptors (Lipinski definition) is 3. The van der Waals surface area contributed by atoms with Gasteiger partial charge in [-0.25, -0.2) is 0 Å². The summed E-state index contributed by atoms with van der Waals surface area (Å²) in [6.07, 6.45) is -0.0843. The lowest BCUT2D eigenvalue weighted by molar-refractivity contribution is -0.120. The summed E-state index contributed by atoms with van der Waals surface area (Å²) in [4.78, 5) is 12.4. The summed E-state index contributed by atoms with van der Waals surface area (Å²) in [6.45, 7) is 4.66. The number of rotatable bonds is 5. The van der Waals surface area contributed by atoms with Gasteiger partial charge in [0.15, 0.2) is 0 Å². The van der Waals surface area contributed by atoms with Gasteiger partial charge < -0.3 is 5.32 Å². The molecule has 0 fully saturated rings. The molecule has 1 aromatic rings. The molecule has 1 N–H and O–H groups in total. The van der Waals surface area contributed by atoms with Crippen LogP contribution in [0, 0.1) is 11.3 Å². The standard InChI is InChI=1S/C13H15BrN2OS/c1-13(2,9-16-12(17)7-8-15)18-11-5-3-10(14)4-6-11/h3-6H,7,9H2,1-2H3,(H,16,17). The van der Waals surface area contributed by atoms with Crippen molar-refractivity contribution in [2.45, 2.75) is 29.9 Å². The Labute approximate surface area is 120 Å². The van der Waals surface area contributed by atoms with Gasteiger partial charge in [0, 0.05) is 20.7 Å². The van der Waals surface area contributed by atoms with Crippen molar-refractivity contribution in [3.8, 4) is 6.07 Å². The Morgan fingerprint density at radius 1 is 1.44 bits per heavy atom. The van der Waals surface area contributed by atoms with Gasteiger partial charge in [0.25, 0.3) is 0 Å². The van der Waals surface area contributed by atoms with Crippen molar-refractivity contribution in [3.63, 3.8) is 0 Å². The van der Waals surface area contributed by atoms with Crippen molar-refractivity contribution in [3.05, 3.63) is 28.7 Å². The monoisotopic (exact) mass is 326 g/mol. The van der Waals surface area contributed by atoms with Crippen LogP contribution in [0.3, 0.4) is 0 Å². The number of thioether (sulfide) groups is 1. The fraction of sp³-hybridized carbons (Fsp3) is 0.385. The number of nitrogens with one attached hydrogen (secondary N) is 1. The molecule has 1 rings (SSSR count). The normalized spacial score (nSPS) is 10.8. The SMILES string of the molecule is CC(C)(CNC(=O)CC#N)Sc1ccc(Br)cc1. The second-order valence-corrected chi connectivity index (χ2v) is 7.12. The number of carbonyl (C=O) groups excluding carboxylic acids is 1. The zero-order chi connectivity index (χ0) is 13.6. The minimum absolute atomic E-state index is 0.0843. The molecule has 0 saturated carbocycles. The Hall–Kier alpha value is -0.990. The molecule has 1 aromatic carbocycles. The molecule has 0 aliphatic carbocycles. The summed E-state index contributed by atoms with van der Waals surface area (Å²) in [6, 6.07) is 9.89. The first-order valence-electron chi connectivity index (χ1n) is 5.51. The first kappa shape index (κ1) is 15.1. The Morgan fingerprint density at radius 2 is 2.06 bits per heavy atom. The van der Waals surface area contributed by atoms with Crippen LogP contribution in [0.15, 0.2) is 33.6 Å². The van der Waals surface area contributed by atoms with Crippen LogP contribution in [0.25, 0.3) is 0 Å². The van der Waals surface area contributed by atoms with Gasteiger partial charge in [-0.2, -0.15) is 5.26 Å². The summed E-state index contributed by atoms with van der Waals surface area (Å²) in [5, 5.41) is 11.2. The molecule has 1 amide bonds. The van der Waals surface area contributed by atoms with E-state index in [9.17, 15) is 4.79 Å². The molecule has 0 aromatic heterocycles. The molecule has 3 nitrogen and oxygen atoms in total. The molecule has 0 spiro atoms. The van der Waals surface area contributed by atoms with E-state index in [4.69, 9.17) is 5.26 Å². The van der Waals surface area contributed by atoms with E-state index in [0.717, 1.165) is 9.37 Å². The van der Waals surface area contributed by atoms with E-state index >= 15 is 0 Å². The lowest BCUT2D eigenvalue weighted by Crippen LogP contribution is -2.35. The third-order valence-electron chi connectivity index (χ3n) is 2.16. The van der Waals surface area contributed by atoms with Gasteiger partial charge in [-0.3, -0.25) is 4.79 Å². The minimum Gasteiger partial charge on any atom is -0.354 e. The third kappa shape index (κ3) is 5.56. The highest BCUT2D eigenvalue weighted by Crippen LogP contribution is 2.32. The highest BCUT2D eigenvalue weighted by atomic mass is 79.9. The van der Waals surface area contributed by atoms with E-state index < -0.39 is 0 Å². The number of amides is 1. The first-order chi connectivity index (χ1) is 8.43. The van der Waals surface area contributed by atoms with Crippen LogP contribution in [-0.4, -0.2) is 17.2 Å². The third-order valence-corrected chi connectivity index (χ3v) is 3.89. The Bertz CT molecular complexity index is 451. The van der Waals surface area contributed by atoms with Gasteiger partial charge in [-0.05, 0) is 38.1 Å². The molecular formula is C13H15BrN2OS. The molecule has 0 bridgehead atoms. The molecule has 0 heterocycles. The van der Waals surface area contributed by atoms with Gasteiger partial charge in [-0.1, -0.05) is 15.9 Å². The van der Waals surface area contributed by atoms with E-state index in [0.29, 0.717) is 6.54 Å². The molecule has 0 aliphatic rings. The van der Waals surface area contributed by atoms with Crippen LogP contribution in [0.5, 0.6) is 0 Å². The van der Waals surface area contributed by atoms with Crippen LogP contribution < -0.4 is 5.32 Å². The highest BCUT2D eigenvalue weighted by molar-refractivity contribution is 9.10. The second-order valence-electron chi connectivity index (χ2n) is 4.43. The molecule has 96 valence electrons. The van der Waals surface area contributed by atoms with Gasteiger partial charge in [0.05, 0.1) is 6.07 Å². The van der Waals surface area contributed by atoms with Gasteiger partial charge in [0.2, 0.25) is 5.91 Å². The van der Waals surface area contributed by atoms with Crippen molar-refractivity contribution < 1.29 is 4.79 Å². The molecule has 0 unspecified atom stereocenters. The van der Waals surface area contributed by atoms with Crippen molar-refractivity contribution in [2.75, 3.05) is 6.54 Å². The molecule has 0 aliphatic heterocycles. The summed E-state index contributed by atoms with van der Waals surface area (Å²) < 4.78 is 0.936. The molecule has 0 saturated heterocycles. The summed E-state index contributed by atoms with van der Waals surface area (Å²) >= 11 is 5.09. The van der Waals surface area contributed by atoms with Gasteiger partial charge >= 0.3 is 0 Å². The van der Waals surface area contributed by atoms with Crippen LogP contribution >= 0.6 is 27.7 Å². The number of nitrogens with zero attached hydrogens (tertiary/aromatic N) is 1. The predicted octanol–water partition coefficient (Wildman–Crippen LogP) is 3.35. The Morgan fingerprint density at radius 3 is 2.61 bits per heavy atom. The Kier molecular flexibility index (Phi) is 5.70. The minimum atomic E-state index is -0.220. The number of halogens is 1. The van der Waals surface area contributed by atoms with E-state index in [1.165, 1.54) is 0 Å². The topological polar surface area (TPSA) is 52.9 Å². The lowest BCUT2D eigenvalue weighted by Gasteiger charge is -2.24. The quantitative estimate of drug-likeness (QED) is 0.844. The van der Waals surface area contributed by atoms with E-state index in [1.54, 1.807) is 11.8 Å². The van der Waals surface area contributed by atoms with Crippen molar-refractivity contribution in [2.24, 2.45) is 0 Å². The van der Waals surface area contributed by atoms with Crippen LogP contribution in [0.1, 0.15) is 20.3 Å². The van der Waals surface area contributed by atoms with Crippen molar-refractivity contribution in [1.29, 1.82) is 5.26 Å². The van der Waals surface area contributed by atoms with Crippen molar-refractivity contribution >= 4 is 33.6 Å². The van der Waals surface area contributed by atoms with Gasteiger partial charge in [0.1, 0.15) is 6.42 Å². The summed E-state index contributed by atoms with van der Waals surface area (Å²) in [5.41, 5.74) is 0. The average molecular weight is 327 g/mol. The van der Waals surface area contributed by atoms with E-state index in [1.807, 2.05) is 30.3 Å².